The van der Waals surface area contributed by atoms with Gasteiger partial charge in [0.1, 0.15) is 0 Å². The minimum absolute atomic E-state index is 0.0339. The number of benzene rings is 1. The van der Waals surface area contributed by atoms with Crippen molar-refractivity contribution in [3.63, 3.8) is 0 Å². The van der Waals surface area contributed by atoms with E-state index >= 15 is 0 Å². The standard InChI is InChI=1S/C13H14N2O3S2/c1-9(15-13(16)11-5-6-19-8-11)10-3-2-4-12(7-10)20(14,17)18/h2-9H,1H3,(H,15,16)(H2,14,17,18)/t9-/m1/s1. The van der Waals surface area contributed by atoms with Crippen LogP contribution in [-0.2, 0) is 10.0 Å². The van der Waals surface area contributed by atoms with Crippen LogP contribution >= 0.6 is 11.3 Å². The Balaban J connectivity index is 2.18. The summed E-state index contributed by atoms with van der Waals surface area (Å²) in [5.41, 5.74) is 1.27. The molecule has 2 aromatic rings. The summed E-state index contributed by atoms with van der Waals surface area (Å²) in [5, 5.41) is 11.5. The van der Waals surface area contributed by atoms with Crippen LogP contribution < -0.4 is 10.5 Å². The van der Waals surface area contributed by atoms with Crippen molar-refractivity contribution in [1.82, 2.24) is 5.32 Å². The van der Waals surface area contributed by atoms with Crippen molar-refractivity contribution in [2.24, 2.45) is 5.14 Å². The molecule has 0 unspecified atom stereocenters. The highest BCUT2D eigenvalue weighted by molar-refractivity contribution is 7.89. The molecule has 0 bridgehead atoms. The highest BCUT2D eigenvalue weighted by atomic mass is 32.2. The molecule has 0 aliphatic rings. The molecule has 1 aromatic carbocycles. The van der Waals surface area contributed by atoms with Crippen LogP contribution in [0.1, 0.15) is 28.9 Å². The first-order valence-corrected chi connectivity index (χ1v) is 8.32. The molecule has 0 aliphatic heterocycles. The Morgan fingerprint density at radius 2 is 2.10 bits per heavy atom. The van der Waals surface area contributed by atoms with Crippen molar-refractivity contribution < 1.29 is 13.2 Å². The predicted octanol–water partition coefficient (Wildman–Crippen LogP) is 1.89. The van der Waals surface area contributed by atoms with E-state index in [4.69, 9.17) is 5.14 Å². The molecule has 0 radical (unpaired) electrons. The molecular formula is C13H14N2O3S2. The van der Waals surface area contributed by atoms with E-state index < -0.39 is 10.0 Å². The van der Waals surface area contributed by atoms with Crippen molar-refractivity contribution in [3.05, 3.63) is 52.2 Å². The Morgan fingerprint density at radius 3 is 2.70 bits per heavy atom. The van der Waals surface area contributed by atoms with Gasteiger partial charge in [0.15, 0.2) is 0 Å². The number of carbonyl (C=O) groups excluding carboxylic acids is 1. The zero-order valence-corrected chi connectivity index (χ0v) is 12.4. The highest BCUT2D eigenvalue weighted by Crippen LogP contribution is 2.17. The average Bonchev–Trinajstić information content (AvgIpc) is 2.91. The minimum atomic E-state index is -3.74. The van der Waals surface area contributed by atoms with Crippen LogP contribution in [0.25, 0.3) is 0 Å². The summed E-state index contributed by atoms with van der Waals surface area (Å²) in [4.78, 5) is 12.0. The number of primary sulfonamides is 1. The summed E-state index contributed by atoms with van der Waals surface area (Å²) < 4.78 is 22.6. The summed E-state index contributed by atoms with van der Waals surface area (Å²) >= 11 is 1.44. The van der Waals surface area contributed by atoms with Crippen molar-refractivity contribution in [2.45, 2.75) is 17.9 Å². The van der Waals surface area contributed by atoms with Crippen LogP contribution in [0.15, 0.2) is 46.0 Å². The largest absolute Gasteiger partial charge is 0.345 e. The lowest BCUT2D eigenvalue weighted by atomic mass is 10.1. The molecule has 1 amide bonds. The Kier molecular flexibility index (Phi) is 4.22. The first-order chi connectivity index (χ1) is 9.38. The van der Waals surface area contributed by atoms with Crippen LogP contribution in [0.5, 0.6) is 0 Å². The molecule has 3 N–H and O–H groups in total. The van der Waals surface area contributed by atoms with Crippen LogP contribution in [-0.4, -0.2) is 14.3 Å². The Bertz CT molecular complexity index is 709. The summed E-state index contributed by atoms with van der Waals surface area (Å²) in [6.07, 6.45) is 0. The van der Waals surface area contributed by atoms with Gasteiger partial charge in [-0.2, -0.15) is 11.3 Å². The second-order valence-electron chi connectivity index (χ2n) is 4.32. The van der Waals surface area contributed by atoms with Crippen LogP contribution in [0.3, 0.4) is 0 Å². The number of hydrogen-bond acceptors (Lipinski definition) is 4. The third kappa shape index (κ3) is 3.44. The maximum atomic E-state index is 11.9. The van der Waals surface area contributed by atoms with Gasteiger partial charge in [-0.15, -0.1) is 0 Å². The van der Waals surface area contributed by atoms with E-state index in [1.165, 1.54) is 23.5 Å². The number of nitrogens with one attached hydrogen (secondary N) is 1. The number of carbonyl (C=O) groups is 1. The maximum Gasteiger partial charge on any atom is 0.252 e. The molecule has 1 heterocycles. The number of amides is 1. The van der Waals surface area contributed by atoms with E-state index in [1.54, 1.807) is 30.5 Å². The van der Waals surface area contributed by atoms with Crippen LogP contribution in [0, 0.1) is 0 Å². The second kappa shape index (κ2) is 5.74. The van der Waals surface area contributed by atoms with E-state index in [2.05, 4.69) is 5.32 Å². The highest BCUT2D eigenvalue weighted by Gasteiger charge is 2.14. The summed E-state index contributed by atoms with van der Waals surface area (Å²) in [6.45, 7) is 1.78. The minimum Gasteiger partial charge on any atom is -0.345 e. The maximum absolute atomic E-state index is 11.9. The zero-order chi connectivity index (χ0) is 14.8. The third-order valence-corrected chi connectivity index (χ3v) is 4.41. The van der Waals surface area contributed by atoms with Crippen molar-refractivity contribution in [3.8, 4) is 0 Å². The fourth-order valence-corrected chi connectivity index (χ4v) is 2.92. The first-order valence-electron chi connectivity index (χ1n) is 5.84. The van der Waals surface area contributed by atoms with Gasteiger partial charge in [0.2, 0.25) is 10.0 Å². The summed E-state index contributed by atoms with van der Waals surface area (Å²) in [5.74, 6) is -0.195. The van der Waals surface area contributed by atoms with E-state index in [0.29, 0.717) is 11.1 Å². The molecule has 0 fully saturated rings. The van der Waals surface area contributed by atoms with Gasteiger partial charge in [-0.3, -0.25) is 4.79 Å². The molecular weight excluding hydrogens is 296 g/mol. The number of nitrogens with two attached hydrogens (primary N) is 1. The van der Waals surface area contributed by atoms with Gasteiger partial charge in [-0.1, -0.05) is 12.1 Å². The quantitative estimate of drug-likeness (QED) is 0.903. The lowest BCUT2D eigenvalue weighted by Gasteiger charge is -2.14. The number of sulfonamides is 1. The predicted molar refractivity (Wildman–Crippen MR) is 78.0 cm³/mol. The van der Waals surface area contributed by atoms with Crippen LogP contribution in [0.2, 0.25) is 0 Å². The average molecular weight is 310 g/mol. The molecule has 2 rings (SSSR count). The normalized spacial score (nSPS) is 12.9. The number of hydrogen-bond donors (Lipinski definition) is 2. The molecule has 106 valence electrons. The smallest absolute Gasteiger partial charge is 0.252 e. The molecule has 0 saturated carbocycles. The lowest BCUT2D eigenvalue weighted by molar-refractivity contribution is 0.0940. The molecule has 5 nitrogen and oxygen atoms in total. The zero-order valence-electron chi connectivity index (χ0n) is 10.7. The fraction of sp³-hybridized carbons (Fsp3) is 0.154. The monoisotopic (exact) mass is 310 g/mol. The molecule has 0 aliphatic carbocycles. The van der Waals surface area contributed by atoms with Crippen molar-refractivity contribution in [1.29, 1.82) is 0 Å². The van der Waals surface area contributed by atoms with E-state index in [1.807, 2.05) is 5.38 Å². The lowest BCUT2D eigenvalue weighted by Crippen LogP contribution is -2.26. The van der Waals surface area contributed by atoms with E-state index in [-0.39, 0.29) is 16.8 Å². The number of thiophene rings is 1. The van der Waals surface area contributed by atoms with Gasteiger partial charge in [-0.25, -0.2) is 13.6 Å². The second-order valence-corrected chi connectivity index (χ2v) is 6.67. The molecule has 0 saturated heterocycles. The Labute approximate surface area is 121 Å². The van der Waals surface area contributed by atoms with Gasteiger partial charge in [-0.05, 0) is 36.1 Å². The first kappa shape index (κ1) is 14.7. The van der Waals surface area contributed by atoms with Gasteiger partial charge in [0.05, 0.1) is 16.5 Å². The molecule has 20 heavy (non-hydrogen) atoms. The Hall–Kier alpha value is -1.70. The summed E-state index contributed by atoms with van der Waals surface area (Å²) in [7, 11) is -3.74. The Morgan fingerprint density at radius 1 is 1.35 bits per heavy atom. The topological polar surface area (TPSA) is 89.3 Å². The van der Waals surface area contributed by atoms with E-state index in [0.717, 1.165) is 0 Å². The number of rotatable bonds is 4. The molecule has 1 aromatic heterocycles. The van der Waals surface area contributed by atoms with Gasteiger partial charge >= 0.3 is 0 Å². The molecule has 1 atom stereocenters. The van der Waals surface area contributed by atoms with Crippen molar-refractivity contribution >= 4 is 27.3 Å². The van der Waals surface area contributed by atoms with Gasteiger partial charge < -0.3 is 5.32 Å². The van der Waals surface area contributed by atoms with Crippen molar-refractivity contribution in [2.75, 3.05) is 0 Å². The SMILES string of the molecule is C[C@@H](NC(=O)c1ccsc1)c1cccc(S(N)(=O)=O)c1. The molecule has 0 spiro atoms. The van der Waals surface area contributed by atoms with Gasteiger partial charge in [0, 0.05) is 5.38 Å². The summed E-state index contributed by atoms with van der Waals surface area (Å²) in [6, 6.07) is 7.65. The molecule has 7 heteroatoms. The fourth-order valence-electron chi connectivity index (χ4n) is 1.72. The van der Waals surface area contributed by atoms with Crippen LogP contribution in [0.4, 0.5) is 0 Å². The van der Waals surface area contributed by atoms with Gasteiger partial charge in [0.25, 0.3) is 5.91 Å². The van der Waals surface area contributed by atoms with E-state index in [9.17, 15) is 13.2 Å². The third-order valence-electron chi connectivity index (χ3n) is 2.82.